The van der Waals surface area contributed by atoms with Crippen LogP contribution in [0.15, 0.2) is 41.8 Å². The van der Waals surface area contributed by atoms with Crippen LogP contribution < -0.4 is 0 Å². The topological polar surface area (TPSA) is 63.7 Å². The third-order valence-electron chi connectivity index (χ3n) is 6.87. The van der Waals surface area contributed by atoms with Crippen LogP contribution in [0.2, 0.25) is 16.6 Å². The molecule has 1 heterocycles. The van der Waals surface area contributed by atoms with E-state index in [4.69, 9.17) is 4.74 Å². The van der Waals surface area contributed by atoms with Gasteiger partial charge in [-0.3, -0.25) is 0 Å². The molecular formula is C26H39NO4SSi. The number of benzene rings is 1. The van der Waals surface area contributed by atoms with Gasteiger partial charge in [-0.15, -0.1) is 18.0 Å². The Balaban J connectivity index is 2.15. The fourth-order valence-electron chi connectivity index (χ4n) is 5.09. The number of ether oxygens (including phenoxy) is 1. The third-order valence-corrected chi connectivity index (χ3v) is 15.0. The number of aryl methyl sites for hydroxylation is 1. The molecule has 0 N–H and O–H groups in total. The Morgan fingerprint density at radius 2 is 1.67 bits per heavy atom. The van der Waals surface area contributed by atoms with Gasteiger partial charge in [0.1, 0.15) is 14.2 Å². The van der Waals surface area contributed by atoms with Gasteiger partial charge >= 0.3 is 6.09 Å². The molecular weight excluding hydrogens is 450 g/mol. The van der Waals surface area contributed by atoms with Gasteiger partial charge < -0.3 is 4.74 Å². The predicted octanol–water partition coefficient (Wildman–Crippen LogP) is 6.45. The first-order valence-corrected chi connectivity index (χ1v) is 15.5. The van der Waals surface area contributed by atoms with E-state index in [2.05, 4.69) is 59.6 Å². The summed E-state index contributed by atoms with van der Waals surface area (Å²) >= 11 is 0. The number of cyclic esters (lactones) is 1. The van der Waals surface area contributed by atoms with Crippen LogP contribution in [0.5, 0.6) is 0 Å². The molecule has 0 unspecified atom stereocenters. The van der Waals surface area contributed by atoms with E-state index in [9.17, 15) is 13.2 Å². The van der Waals surface area contributed by atoms with E-state index in [0.717, 1.165) is 9.87 Å². The molecule has 0 radical (unpaired) electrons. The van der Waals surface area contributed by atoms with E-state index in [0.29, 0.717) is 35.9 Å². The lowest BCUT2D eigenvalue weighted by Gasteiger charge is -2.38. The van der Waals surface area contributed by atoms with Crippen molar-refractivity contribution in [2.75, 3.05) is 0 Å². The van der Waals surface area contributed by atoms with E-state index < -0.39 is 30.2 Å². The number of hydrogen-bond donors (Lipinski definition) is 0. The summed E-state index contributed by atoms with van der Waals surface area (Å²) < 4.78 is 32.6. The molecule has 0 saturated carbocycles. The zero-order valence-corrected chi connectivity index (χ0v) is 22.9. The third kappa shape index (κ3) is 5.72. The smallest absolute Gasteiger partial charge is 0.424 e. The van der Waals surface area contributed by atoms with Crippen LogP contribution in [-0.2, 0) is 14.8 Å². The molecule has 0 bridgehead atoms. The maximum absolute atomic E-state index is 13.1. The molecule has 1 amide bonds. The maximum Gasteiger partial charge on any atom is 0.424 e. The Morgan fingerprint density at radius 1 is 1.12 bits per heavy atom. The number of hydrogen-bond acceptors (Lipinski definition) is 4. The van der Waals surface area contributed by atoms with Crippen molar-refractivity contribution in [2.45, 2.75) is 101 Å². The van der Waals surface area contributed by atoms with E-state index in [1.165, 1.54) is 18.2 Å². The fraction of sp³-hybridized carbons (Fsp3) is 0.577. The van der Waals surface area contributed by atoms with Crippen LogP contribution in [0.3, 0.4) is 0 Å². The zero-order valence-electron chi connectivity index (χ0n) is 21.1. The summed E-state index contributed by atoms with van der Waals surface area (Å²) in [6, 6.07) is 5.79. The van der Waals surface area contributed by atoms with Crippen molar-refractivity contribution >= 4 is 24.2 Å². The van der Waals surface area contributed by atoms with Gasteiger partial charge in [0.2, 0.25) is 0 Å². The first-order chi connectivity index (χ1) is 15.4. The highest BCUT2D eigenvalue weighted by Crippen LogP contribution is 2.40. The molecule has 0 aromatic heterocycles. The van der Waals surface area contributed by atoms with Gasteiger partial charge in [-0.2, -0.15) is 4.31 Å². The lowest BCUT2D eigenvalue weighted by atomic mass is 10.0. The number of rotatable bonds is 8. The molecule has 1 aromatic carbocycles. The summed E-state index contributed by atoms with van der Waals surface area (Å²) in [7, 11) is -5.82. The zero-order chi connectivity index (χ0) is 25.0. The quantitative estimate of drug-likeness (QED) is 0.239. The van der Waals surface area contributed by atoms with Crippen LogP contribution >= 0.6 is 0 Å². The molecule has 2 rings (SSSR count). The molecule has 0 aliphatic carbocycles. The van der Waals surface area contributed by atoms with Crippen molar-refractivity contribution in [3.8, 4) is 11.5 Å². The normalized spacial score (nSPS) is 19.5. The number of amides is 1. The molecule has 33 heavy (non-hydrogen) atoms. The monoisotopic (exact) mass is 489 g/mol. The molecule has 1 aliphatic heterocycles. The average molecular weight is 490 g/mol. The number of sulfonamides is 1. The Labute approximate surface area is 201 Å². The molecule has 182 valence electrons. The summed E-state index contributed by atoms with van der Waals surface area (Å²) in [5, 5.41) is 0. The molecule has 7 heteroatoms. The van der Waals surface area contributed by atoms with Gasteiger partial charge in [0.15, 0.2) is 0 Å². The van der Waals surface area contributed by atoms with Crippen molar-refractivity contribution in [3.05, 3.63) is 42.5 Å². The van der Waals surface area contributed by atoms with Gasteiger partial charge in [-0.1, -0.05) is 65.3 Å². The molecule has 0 spiro atoms. The highest BCUT2D eigenvalue weighted by Gasteiger charge is 2.43. The van der Waals surface area contributed by atoms with Gasteiger partial charge in [0.25, 0.3) is 10.0 Å². The SMILES string of the molecule is C=C[C@@H]1C[C@@H](CCC#C[Si](C(C)C)(C(C)C)C(C)C)OC(=O)N1S(=O)(=O)c1ccc(C)cc1. The van der Waals surface area contributed by atoms with Crippen LogP contribution in [0.1, 0.15) is 66.4 Å². The van der Waals surface area contributed by atoms with Gasteiger partial charge in [0, 0.05) is 12.8 Å². The number of carbonyl (C=O) groups excluding carboxylic acids is 1. The summed E-state index contributed by atoms with van der Waals surface area (Å²) in [6.45, 7) is 19.3. The highest BCUT2D eigenvalue weighted by molar-refractivity contribution is 7.89. The van der Waals surface area contributed by atoms with Crippen molar-refractivity contribution < 1.29 is 17.9 Å². The second kappa shape index (κ2) is 10.9. The maximum atomic E-state index is 13.1. The first kappa shape index (κ1) is 27.2. The molecule has 1 aliphatic rings. The van der Waals surface area contributed by atoms with Crippen molar-refractivity contribution in [3.63, 3.8) is 0 Å². The van der Waals surface area contributed by atoms with Crippen molar-refractivity contribution in [1.82, 2.24) is 4.31 Å². The minimum atomic E-state index is -4.02. The van der Waals surface area contributed by atoms with Crippen LogP contribution in [0, 0.1) is 18.4 Å². The Bertz CT molecular complexity index is 981. The Kier molecular flexibility index (Phi) is 9.00. The number of nitrogens with zero attached hydrogens (tertiary/aromatic N) is 1. The standard InChI is InChI=1S/C26H39NO4SSi/c1-9-23-18-24(12-10-11-17-33(19(2)3,20(4)5)21(6)7)31-26(28)27(23)32(29,30)25-15-13-22(8)14-16-25/h9,13-16,19-21,23-24H,1,10,12,18H2,2-8H3/t23-,24-/m1/s1. The Hall–Kier alpha value is -2.04. The van der Waals surface area contributed by atoms with E-state index in [1.807, 2.05) is 6.92 Å². The van der Waals surface area contributed by atoms with Gasteiger partial charge in [-0.05, 0) is 42.1 Å². The van der Waals surface area contributed by atoms with Crippen molar-refractivity contribution in [1.29, 1.82) is 0 Å². The summed E-state index contributed by atoms with van der Waals surface area (Å²) in [5.74, 6) is 3.40. The van der Waals surface area contributed by atoms with Gasteiger partial charge in [-0.25, -0.2) is 13.2 Å². The number of carbonyl (C=O) groups is 1. The van der Waals surface area contributed by atoms with Crippen LogP contribution in [0.25, 0.3) is 0 Å². The summed E-state index contributed by atoms with van der Waals surface area (Å²) in [5.41, 5.74) is 6.30. The van der Waals surface area contributed by atoms with Crippen LogP contribution in [0.4, 0.5) is 4.79 Å². The second-order valence-corrected chi connectivity index (χ2v) is 17.3. The van der Waals surface area contributed by atoms with Crippen molar-refractivity contribution in [2.24, 2.45) is 0 Å². The minimum Gasteiger partial charge on any atom is -0.445 e. The largest absolute Gasteiger partial charge is 0.445 e. The van der Waals surface area contributed by atoms with E-state index in [1.54, 1.807) is 12.1 Å². The molecule has 1 fully saturated rings. The predicted molar refractivity (Wildman–Crippen MR) is 137 cm³/mol. The lowest BCUT2D eigenvalue weighted by Crippen LogP contribution is -2.50. The lowest BCUT2D eigenvalue weighted by molar-refractivity contribution is 0.0330. The summed E-state index contributed by atoms with van der Waals surface area (Å²) in [6.07, 6.45) is 1.86. The average Bonchev–Trinajstić information content (AvgIpc) is 2.72. The van der Waals surface area contributed by atoms with E-state index in [-0.39, 0.29) is 11.0 Å². The summed E-state index contributed by atoms with van der Waals surface area (Å²) in [4.78, 5) is 12.8. The van der Waals surface area contributed by atoms with E-state index >= 15 is 0 Å². The minimum absolute atomic E-state index is 0.0681. The Morgan fingerprint density at radius 3 is 2.15 bits per heavy atom. The first-order valence-electron chi connectivity index (χ1n) is 11.8. The molecule has 1 saturated heterocycles. The molecule has 1 aromatic rings. The second-order valence-electron chi connectivity index (χ2n) is 9.90. The molecule has 5 nitrogen and oxygen atoms in total. The van der Waals surface area contributed by atoms with Crippen LogP contribution in [-0.4, -0.2) is 39.0 Å². The molecule has 2 atom stereocenters. The fourth-order valence-corrected chi connectivity index (χ4v) is 11.9. The van der Waals surface area contributed by atoms with Gasteiger partial charge in [0.05, 0.1) is 10.9 Å². The highest BCUT2D eigenvalue weighted by atomic mass is 32.2.